The highest BCUT2D eigenvalue weighted by Gasteiger charge is 2.23. The Morgan fingerprint density at radius 1 is 1.35 bits per heavy atom. The van der Waals surface area contributed by atoms with Crippen molar-refractivity contribution in [2.75, 3.05) is 63.1 Å². The summed E-state index contributed by atoms with van der Waals surface area (Å²) in [7, 11) is 7.44. The molecule has 1 aromatic heterocycles. The van der Waals surface area contributed by atoms with Gasteiger partial charge in [0.25, 0.3) is 0 Å². The first-order valence-electron chi connectivity index (χ1n) is 6.99. The van der Waals surface area contributed by atoms with Gasteiger partial charge in [-0.3, -0.25) is 0 Å². The maximum atomic E-state index is 5.27. The molecule has 7 nitrogen and oxygen atoms in total. The van der Waals surface area contributed by atoms with Gasteiger partial charge < -0.3 is 19.9 Å². The molecule has 0 aliphatic carbocycles. The molecule has 1 aromatic rings. The van der Waals surface area contributed by atoms with Crippen LogP contribution in [0, 0.1) is 5.92 Å². The van der Waals surface area contributed by atoms with Gasteiger partial charge in [-0.1, -0.05) is 0 Å². The molecule has 1 fully saturated rings. The van der Waals surface area contributed by atoms with Crippen molar-refractivity contribution >= 4 is 17.8 Å². The molecule has 1 saturated heterocycles. The van der Waals surface area contributed by atoms with Crippen molar-refractivity contribution < 1.29 is 4.74 Å². The van der Waals surface area contributed by atoms with Crippen LogP contribution in [0.15, 0.2) is 0 Å². The molecular formula is C13H24N6O. The zero-order valence-electron chi connectivity index (χ0n) is 12.8. The molecule has 0 radical (unpaired) electrons. The molecule has 1 atom stereocenters. The molecular weight excluding hydrogens is 256 g/mol. The number of ether oxygens (including phenoxy) is 1. The minimum Gasteiger partial charge on any atom is -0.384 e. The van der Waals surface area contributed by atoms with Crippen molar-refractivity contribution in [1.29, 1.82) is 0 Å². The van der Waals surface area contributed by atoms with E-state index < -0.39 is 0 Å². The van der Waals surface area contributed by atoms with Gasteiger partial charge in [0.05, 0.1) is 6.61 Å². The summed E-state index contributed by atoms with van der Waals surface area (Å²) in [5, 5.41) is 3.00. The lowest BCUT2D eigenvalue weighted by atomic mass is 9.99. The molecule has 0 spiro atoms. The molecule has 112 valence electrons. The Morgan fingerprint density at radius 2 is 2.15 bits per heavy atom. The number of methoxy groups -OCH3 is 1. The van der Waals surface area contributed by atoms with Crippen LogP contribution in [-0.2, 0) is 4.74 Å². The predicted molar refractivity (Wildman–Crippen MR) is 80.5 cm³/mol. The maximum absolute atomic E-state index is 5.27. The largest absolute Gasteiger partial charge is 0.384 e. The summed E-state index contributed by atoms with van der Waals surface area (Å²) >= 11 is 0. The molecule has 1 aliphatic heterocycles. The molecule has 2 heterocycles. The molecule has 0 amide bonds. The normalized spacial score (nSPS) is 19.0. The van der Waals surface area contributed by atoms with Gasteiger partial charge in [-0.25, -0.2) is 0 Å². The summed E-state index contributed by atoms with van der Waals surface area (Å²) in [5.41, 5.74) is 0. The van der Waals surface area contributed by atoms with Crippen LogP contribution in [0.5, 0.6) is 0 Å². The average molecular weight is 280 g/mol. The van der Waals surface area contributed by atoms with Gasteiger partial charge in [-0.2, -0.15) is 15.0 Å². The van der Waals surface area contributed by atoms with Crippen LogP contribution >= 0.6 is 0 Å². The molecule has 20 heavy (non-hydrogen) atoms. The zero-order chi connectivity index (χ0) is 14.5. The Morgan fingerprint density at radius 3 is 2.80 bits per heavy atom. The van der Waals surface area contributed by atoms with Crippen molar-refractivity contribution in [1.82, 2.24) is 15.0 Å². The highest BCUT2D eigenvalue weighted by atomic mass is 16.5. The van der Waals surface area contributed by atoms with Gasteiger partial charge in [-0.05, 0) is 18.8 Å². The van der Waals surface area contributed by atoms with Crippen LogP contribution in [-0.4, -0.2) is 62.9 Å². The van der Waals surface area contributed by atoms with E-state index in [0.29, 0.717) is 17.8 Å². The minimum atomic E-state index is 0.548. The third-order valence-electron chi connectivity index (χ3n) is 3.44. The number of hydrogen-bond acceptors (Lipinski definition) is 7. The van der Waals surface area contributed by atoms with Gasteiger partial charge in [0, 0.05) is 41.3 Å². The number of anilines is 3. The Hall–Kier alpha value is -1.63. The summed E-state index contributed by atoms with van der Waals surface area (Å²) in [4.78, 5) is 17.5. The first-order chi connectivity index (χ1) is 9.63. The van der Waals surface area contributed by atoms with Gasteiger partial charge in [-0.15, -0.1) is 0 Å². The second-order valence-electron chi connectivity index (χ2n) is 5.31. The molecule has 2 rings (SSSR count). The molecule has 1 N–H and O–H groups in total. The quantitative estimate of drug-likeness (QED) is 0.857. The van der Waals surface area contributed by atoms with Gasteiger partial charge >= 0.3 is 0 Å². The Bertz CT molecular complexity index is 437. The molecule has 0 saturated carbocycles. The van der Waals surface area contributed by atoms with Crippen LogP contribution in [0.3, 0.4) is 0 Å². The van der Waals surface area contributed by atoms with Crippen molar-refractivity contribution in [2.24, 2.45) is 5.92 Å². The monoisotopic (exact) mass is 280 g/mol. The predicted octanol–water partition coefficient (Wildman–Crippen LogP) is 0.842. The first-order valence-corrected chi connectivity index (χ1v) is 6.99. The van der Waals surface area contributed by atoms with Gasteiger partial charge in [0.1, 0.15) is 0 Å². The standard InChI is InChI=1S/C13H24N6O/c1-14-11-15-12(18(2)3)17-13(16-11)19-7-5-6-10(8-19)9-20-4/h10H,5-9H2,1-4H3,(H,14,15,16,17). The fraction of sp³-hybridized carbons (Fsp3) is 0.769. The van der Waals surface area contributed by atoms with E-state index in [2.05, 4.69) is 25.2 Å². The number of hydrogen-bond donors (Lipinski definition) is 1. The van der Waals surface area contributed by atoms with Crippen LogP contribution in [0.4, 0.5) is 17.8 Å². The second-order valence-corrected chi connectivity index (χ2v) is 5.31. The lowest BCUT2D eigenvalue weighted by Crippen LogP contribution is -2.38. The van der Waals surface area contributed by atoms with E-state index in [1.807, 2.05) is 26.0 Å². The summed E-state index contributed by atoms with van der Waals surface area (Å²) in [5.74, 6) is 2.57. The van der Waals surface area contributed by atoms with Gasteiger partial charge in [0.2, 0.25) is 17.8 Å². The molecule has 7 heteroatoms. The number of piperidine rings is 1. The van der Waals surface area contributed by atoms with E-state index in [9.17, 15) is 0 Å². The van der Waals surface area contributed by atoms with Crippen molar-refractivity contribution in [2.45, 2.75) is 12.8 Å². The number of rotatable bonds is 5. The Balaban J connectivity index is 2.20. The van der Waals surface area contributed by atoms with Crippen LogP contribution in [0.25, 0.3) is 0 Å². The van der Waals surface area contributed by atoms with E-state index >= 15 is 0 Å². The fourth-order valence-electron chi connectivity index (χ4n) is 2.43. The maximum Gasteiger partial charge on any atom is 0.231 e. The fourth-order valence-corrected chi connectivity index (χ4v) is 2.43. The zero-order valence-corrected chi connectivity index (χ0v) is 12.8. The molecule has 0 bridgehead atoms. The third kappa shape index (κ3) is 3.47. The van der Waals surface area contributed by atoms with Crippen molar-refractivity contribution in [3.8, 4) is 0 Å². The molecule has 1 aliphatic rings. The minimum absolute atomic E-state index is 0.548. The summed E-state index contributed by atoms with van der Waals surface area (Å²) < 4.78 is 5.27. The second kappa shape index (κ2) is 6.69. The average Bonchev–Trinajstić information content (AvgIpc) is 2.47. The highest BCUT2D eigenvalue weighted by Crippen LogP contribution is 2.22. The van der Waals surface area contributed by atoms with E-state index in [1.54, 1.807) is 7.11 Å². The number of aromatic nitrogens is 3. The molecule has 1 unspecified atom stereocenters. The summed E-state index contributed by atoms with van der Waals surface area (Å²) in [6.45, 7) is 2.72. The first kappa shape index (κ1) is 14.8. The SMILES string of the molecule is CNc1nc(N(C)C)nc(N2CCCC(COC)C2)n1. The molecule has 0 aromatic carbocycles. The topological polar surface area (TPSA) is 66.4 Å². The van der Waals surface area contributed by atoms with Crippen LogP contribution in [0.1, 0.15) is 12.8 Å². The Kier molecular flexibility index (Phi) is 4.94. The summed E-state index contributed by atoms with van der Waals surface area (Å²) in [6, 6.07) is 0. The van der Waals surface area contributed by atoms with Crippen molar-refractivity contribution in [3.63, 3.8) is 0 Å². The van der Waals surface area contributed by atoms with Crippen LogP contribution in [0.2, 0.25) is 0 Å². The van der Waals surface area contributed by atoms with E-state index in [0.717, 1.165) is 32.1 Å². The number of nitrogens with one attached hydrogen (secondary N) is 1. The van der Waals surface area contributed by atoms with Crippen LogP contribution < -0.4 is 15.1 Å². The van der Waals surface area contributed by atoms with E-state index in [-0.39, 0.29) is 0 Å². The lowest BCUT2D eigenvalue weighted by molar-refractivity contribution is 0.143. The third-order valence-corrected chi connectivity index (χ3v) is 3.44. The Labute approximate surface area is 120 Å². The summed E-state index contributed by atoms with van der Waals surface area (Å²) in [6.07, 6.45) is 2.35. The van der Waals surface area contributed by atoms with E-state index in [1.165, 1.54) is 6.42 Å². The van der Waals surface area contributed by atoms with Gasteiger partial charge in [0.15, 0.2) is 0 Å². The lowest BCUT2D eigenvalue weighted by Gasteiger charge is -2.32. The van der Waals surface area contributed by atoms with Crippen molar-refractivity contribution in [3.05, 3.63) is 0 Å². The highest BCUT2D eigenvalue weighted by molar-refractivity contribution is 5.44. The van der Waals surface area contributed by atoms with E-state index in [4.69, 9.17) is 4.74 Å². The smallest absolute Gasteiger partial charge is 0.231 e. The number of nitrogens with zero attached hydrogens (tertiary/aromatic N) is 5.